The molecule has 0 spiro atoms. The van der Waals surface area contributed by atoms with Crippen LogP contribution in [0.5, 0.6) is 17.2 Å². The van der Waals surface area contributed by atoms with Crippen molar-refractivity contribution in [2.45, 2.75) is 58.1 Å². The maximum absolute atomic E-state index is 12.4. The van der Waals surface area contributed by atoms with Crippen LogP contribution in [0.15, 0.2) is 12.1 Å². The lowest BCUT2D eigenvalue weighted by Gasteiger charge is -2.21. The van der Waals surface area contributed by atoms with E-state index >= 15 is 0 Å². The van der Waals surface area contributed by atoms with Gasteiger partial charge in [-0.05, 0) is 63.6 Å². The zero-order valence-electron chi connectivity index (χ0n) is 18.8. The standard InChI is InChI=1S/C22H34N2O6/c1-22(2,3)30-21(26)24-16-8-7-14(9-16)13-23-19(25)12-15-10-17(27-4)20(29-6)18(11-15)28-5/h10-11,14,16H,7-9,12-13H2,1-6H3,(H,23,25)(H,24,26)/t14-,16+/m1/s1. The number of carbonyl (C=O) groups is 2. The fourth-order valence-electron chi connectivity index (χ4n) is 3.61. The fourth-order valence-corrected chi connectivity index (χ4v) is 3.61. The highest BCUT2D eigenvalue weighted by atomic mass is 16.6. The highest BCUT2D eigenvalue weighted by Crippen LogP contribution is 2.38. The first kappa shape index (κ1) is 23.6. The number of hydrogen-bond donors (Lipinski definition) is 2. The van der Waals surface area contributed by atoms with Crippen molar-refractivity contribution in [1.29, 1.82) is 0 Å². The minimum atomic E-state index is -0.511. The number of benzene rings is 1. The molecule has 0 heterocycles. The lowest BCUT2D eigenvalue weighted by Crippen LogP contribution is -2.38. The SMILES string of the molecule is COc1cc(CC(=O)NC[C@@H]2CC[C@H](NC(=O)OC(C)(C)C)C2)cc(OC)c1OC. The van der Waals surface area contributed by atoms with Gasteiger partial charge >= 0.3 is 6.09 Å². The molecule has 1 aliphatic rings. The van der Waals surface area contributed by atoms with Crippen LogP contribution in [0.3, 0.4) is 0 Å². The predicted molar refractivity (Wildman–Crippen MR) is 113 cm³/mol. The Morgan fingerprint density at radius 3 is 2.20 bits per heavy atom. The van der Waals surface area contributed by atoms with Gasteiger partial charge in [-0.25, -0.2) is 4.79 Å². The van der Waals surface area contributed by atoms with Crippen LogP contribution in [-0.4, -0.2) is 51.5 Å². The molecule has 1 aromatic rings. The first-order valence-corrected chi connectivity index (χ1v) is 10.2. The van der Waals surface area contributed by atoms with Crippen LogP contribution >= 0.6 is 0 Å². The van der Waals surface area contributed by atoms with Crippen LogP contribution in [0.25, 0.3) is 0 Å². The summed E-state index contributed by atoms with van der Waals surface area (Å²) < 4.78 is 21.3. The van der Waals surface area contributed by atoms with Crippen LogP contribution < -0.4 is 24.8 Å². The summed E-state index contributed by atoms with van der Waals surface area (Å²) >= 11 is 0. The molecular weight excluding hydrogens is 388 g/mol. The number of amides is 2. The largest absolute Gasteiger partial charge is 0.493 e. The number of methoxy groups -OCH3 is 3. The molecule has 8 nitrogen and oxygen atoms in total. The Hall–Kier alpha value is -2.64. The predicted octanol–water partition coefficient (Wildman–Crippen LogP) is 3.06. The van der Waals surface area contributed by atoms with Crippen molar-refractivity contribution >= 4 is 12.0 Å². The van der Waals surface area contributed by atoms with Gasteiger partial charge in [0.2, 0.25) is 11.7 Å². The summed E-state index contributed by atoms with van der Waals surface area (Å²) in [5.74, 6) is 1.79. The molecule has 1 aliphatic carbocycles. The van der Waals surface area contributed by atoms with E-state index in [4.69, 9.17) is 18.9 Å². The van der Waals surface area contributed by atoms with Gasteiger partial charge in [-0.3, -0.25) is 4.79 Å². The number of nitrogens with one attached hydrogen (secondary N) is 2. The van der Waals surface area contributed by atoms with Crippen molar-refractivity contribution in [1.82, 2.24) is 10.6 Å². The van der Waals surface area contributed by atoms with E-state index in [9.17, 15) is 9.59 Å². The molecule has 0 radical (unpaired) electrons. The Kier molecular flexibility index (Phi) is 8.20. The van der Waals surface area contributed by atoms with Gasteiger partial charge in [-0.2, -0.15) is 0 Å². The smallest absolute Gasteiger partial charge is 0.407 e. The molecule has 0 bridgehead atoms. The Morgan fingerprint density at radius 2 is 1.67 bits per heavy atom. The number of alkyl carbamates (subject to hydrolysis) is 1. The average Bonchev–Trinajstić information content (AvgIpc) is 3.11. The molecule has 1 fully saturated rings. The molecule has 2 amide bonds. The van der Waals surface area contributed by atoms with Gasteiger partial charge in [0.1, 0.15) is 5.60 Å². The average molecular weight is 423 g/mol. The zero-order valence-corrected chi connectivity index (χ0v) is 18.8. The van der Waals surface area contributed by atoms with E-state index in [0.717, 1.165) is 24.8 Å². The summed E-state index contributed by atoms with van der Waals surface area (Å²) in [6.45, 7) is 6.10. The van der Waals surface area contributed by atoms with Gasteiger partial charge in [0.15, 0.2) is 11.5 Å². The first-order chi connectivity index (χ1) is 14.1. The van der Waals surface area contributed by atoms with Crippen molar-refractivity contribution in [3.8, 4) is 17.2 Å². The topological polar surface area (TPSA) is 95.1 Å². The summed E-state index contributed by atoms with van der Waals surface area (Å²) in [6.07, 6.45) is 2.48. The summed E-state index contributed by atoms with van der Waals surface area (Å²) in [5, 5.41) is 5.91. The highest BCUT2D eigenvalue weighted by Gasteiger charge is 2.28. The van der Waals surface area contributed by atoms with Crippen LogP contribution in [0.1, 0.15) is 45.6 Å². The second-order valence-electron chi connectivity index (χ2n) is 8.54. The molecular formula is C22H34N2O6. The Balaban J connectivity index is 1.82. The van der Waals surface area contributed by atoms with Crippen molar-refractivity contribution < 1.29 is 28.5 Å². The van der Waals surface area contributed by atoms with E-state index < -0.39 is 5.60 Å². The Morgan fingerprint density at radius 1 is 1.03 bits per heavy atom. The van der Waals surface area contributed by atoms with E-state index in [0.29, 0.717) is 29.7 Å². The van der Waals surface area contributed by atoms with Crippen molar-refractivity contribution in [2.24, 2.45) is 5.92 Å². The van der Waals surface area contributed by atoms with E-state index in [1.807, 2.05) is 20.8 Å². The minimum absolute atomic E-state index is 0.0761. The van der Waals surface area contributed by atoms with Crippen LogP contribution in [0.2, 0.25) is 0 Å². The number of ether oxygens (including phenoxy) is 4. The monoisotopic (exact) mass is 422 g/mol. The van der Waals surface area contributed by atoms with Gasteiger partial charge in [-0.15, -0.1) is 0 Å². The molecule has 168 valence electrons. The van der Waals surface area contributed by atoms with Crippen molar-refractivity contribution in [3.05, 3.63) is 17.7 Å². The lowest BCUT2D eigenvalue weighted by molar-refractivity contribution is -0.120. The second-order valence-corrected chi connectivity index (χ2v) is 8.54. The molecule has 2 atom stereocenters. The molecule has 8 heteroatoms. The third-order valence-corrected chi connectivity index (χ3v) is 4.94. The lowest BCUT2D eigenvalue weighted by atomic mass is 10.1. The number of carbonyl (C=O) groups excluding carboxylic acids is 2. The summed E-state index contributed by atoms with van der Waals surface area (Å²) in [7, 11) is 4.63. The van der Waals surface area contributed by atoms with Gasteiger partial charge < -0.3 is 29.6 Å². The highest BCUT2D eigenvalue weighted by molar-refractivity contribution is 5.79. The van der Waals surface area contributed by atoms with Crippen LogP contribution in [-0.2, 0) is 16.0 Å². The van der Waals surface area contributed by atoms with E-state index in [2.05, 4.69) is 10.6 Å². The van der Waals surface area contributed by atoms with Gasteiger partial charge in [-0.1, -0.05) is 0 Å². The van der Waals surface area contributed by atoms with Gasteiger partial charge in [0.05, 0.1) is 27.8 Å². The van der Waals surface area contributed by atoms with Crippen molar-refractivity contribution in [2.75, 3.05) is 27.9 Å². The zero-order chi connectivity index (χ0) is 22.3. The van der Waals surface area contributed by atoms with E-state index in [1.165, 1.54) is 0 Å². The maximum Gasteiger partial charge on any atom is 0.407 e. The molecule has 1 saturated carbocycles. The van der Waals surface area contributed by atoms with Gasteiger partial charge in [0, 0.05) is 12.6 Å². The Bertz CT molecular complexity index is 719. The third kappa shape index (κ3) is 7.00. The number of hydrogen-bond acceptors (Lipinski definition) is 6. The van der Waals surface area contributed by atoms with E-state index in [-0.39, 0.29) is 24.5 Å². The van der Waals surface area contributed by atoms with Crippen LogP contribution in [0, 0.1) is 5.92 Å². The molecule has 0 aliphatic heterocycles. The van der Waals surface area contributed by atoms with Gasteiger partial charge in [0.25, 0.3) is 0 Å². The number of rotatable bonds is 8. The van der Waals surface area contributed by atoms with E-state index in [1.54, 1.807) is 33.5 Å². The summed E-state index contributed by atoms with van der Waals surface area (Å²) in [5.41, 5.74) is 0.265. The first-order valence-electron chi connectivity index (χ1n) is 10.2. The molecule has 2 rings (SSSR count). The molecule has 0 unspecified atom stereocenters. The third-order valence-electron chi connectivity index (χ3n) is 4.94. The molecule has 30 heavy (non-hydrogen) atoms. The van der Waals surface area contributed by atoms with Crippen molar-refractivity contribution in [3.63, 3.8) is 0 Å². The second kappa shape index (κ2) is 10.4. The molecule has 2 N–H and O–H groups in total. The molecule has 1 aromatic carbocycles. The summed E-state index contributed by atoms with van der Waals surface area (Å²) in [6, 6.07) is 3.63. The summed E-state index contributed by atoms with van der Waals surface area (Å²) in [4.78, 5) is 24.3. The minimum Gasteiger partial charge on any atom is -0.493 e. The molecule has 0 aromatic heterocycles. The van der Waals surface area contributed by atoms with Crippen LogP contribution in [0.4, 0.5) is 4.79 Å². The molecule has 0 saturated heterocycles. The normalized spacial score (nSPS) is 18.5. The maximum atomic E-state index is 12.4. The Labute approximate surface area is 178 Å². The quantitative estimate of drug-likeness (QED) is 0.669. The fraction of sp³-hybridized carbons (Fsp3) is 0.636.